The highest BCUT2D eigenvalue weighted by Gasteiger charge is 2.32. The third kappa shape index (κ3) is 6.76. The lowest BCUT2D eigenvalue weighted by molar-refractivity contribution is -0.113. The van der Waals surface area contributed by atoms with Crippen molar-refractivity contribution < 1.29 is 19.1 Å². The second-order valence-electron chi connectivity index (χ2n) is 10.1. The van der Waals surface area contributed by atoms with Gasteiger partial charge in [-0.3, -0.25) is 4.79 Å². The topological polar surface area (TPSA) is 88.7 Å². The number of urea groups is 1. The molecule has 3 amide bonds. The molecule has 0 saturated heterocycles. The minimum absolute atomic E-state index is 0.303. The number of rotatable bonds is 9. The first-order valence-electron chi connectivity index (χ1n) is 13.5. The highest BCUT2D eigenvalue weighted by molar-refractivity contribution is 6.07. The summed E-state index contributed by atoms with van der Waals surface area (Å²) in [5.41, 5.74) is 6.41. The molecule has 1 heterocycles. The number of hydrogen-bond donors (Lipinski definition) is 3. The molecule has 5 rings (SSSR count). The quantitative estimate of drug-likeness (QED) is 0.217. The zero-order chi connectivity index (χ0) is 28.8. The van der Waals surface area contributed by atoms with E-state index in [-0.39, 0.29) is 11.9 Å². The van der Waals surface area contributed by atoms with Crippen molar-refractivity contribution in [3.05, 3.63) is 136 Å². The Morgan fingerprint density at radius 3 is 2.05 bits per heavy atom. The number of nitrogens with one attached hydrogen (secondary N) is 3. The van der Waals surface area contributed by atoms with E-state index in [0.717, 1.165) is 22.3 Å². The number of carbonyl (C=O) groups excluding carboxylic acids is 2. The summed E-state index contributed by atoms with van der Waals surface area (Å²) in [6.07, 6.45) is 0. The average Bonchev–Trinajstić information content (AvgIpc) is 2.97. The molecular weight excluding hydrogens is 514 g/mol. The van der Waals surface area contributed by atoms with Gasteiger partial charge in [0.1, 0.15) is 13.2 Å². The highest BCUT2D eigenvalue weighted by atomic mass is 16.5. The summed E-state index contributed by atoms with van der Waals surface area (Å²) >= 11 is 0. The zero-order valence-corrected chi connectivity index (χ0v) is 23.4. The van der Waals surface area contributed by atoms with Crippen LogP contribution < -0.4 is 25.4 Å². The normalized spacial score (nSPS) is 14.6. The Balaban J connectivity index is 1.45. The van der Waals surface area contributed by atoms with Crippen molar-refractivity contribution >= 4 is 17.6 Å². The van der Waals surface area contributed by atoms with Crippen molar-refractivity contribution in [2.24, 2.45) is 0 Å². The van der Waals surface area contributed by atoms with Crippen molar-refractivity contribution in [3.63, 3.8) is 0 Å². The Kier molecular flexibility index (Phi) is 8.34. The summed E-state index contributed by atoms with van der Waals surface area (Å²) in [4.78, 5) is 26.2. The number of anilines is 1. The maximum atomic E-state index is 13.6. The molecule has 1 atom stereocenters. The van der Waals surface area contributed by atoms with Crippen LogP contribution in [0.15, 0.2) is 108 Å². The van der Waals surface area contributed by atoms with Gasteiger partial charge in [-0.25, -0.2) is 4.79 Å². The maximum Gasteiger partial charge on any atom is 0.319 e. The van der Waals surface area contributed by atoms with Crippen LogP contribution in [0.5, 0.6) is 11.5 Å². The standard InChI is InChI=1S/C34H33N3O4/c1-22-14-16-28(23(2)18-22)36-33(38)31-24(3)35-34(39)37-32(31)27-15-17-29(40-20-25-10-6-4-7-11-25)30(19-27)41-21-26-12-8-5-9-13-26/h4-19,32H,20-21H2,1-3H3,(H,36,38)(H2,35,37,39). The van der Waals surface area contributed by atoms with E-state index in [1.54, 1.807) is 6.92 Å². The summed E-state index contributed by atoms with van der Waals surface area (Å²) < 4.78 is 12.4. The molecule has 0 spiro atoms. The summed E-state index contributed by atoms with van der Waals surface area (Å²) in [6.45, 7) is 6.39. The van der Waals surface area contributed by atoms with Crippen LogP contribution in [-0.2, 0) is 18.0 Å². The monoisotopic (exact) mass is 547 g/mol. The van der Waals surface area contributed by atoms with Crippen LogP contribution in [0.3, 0.4) is 0 Å². The van der Waals surface area contributed by atoms with Gasteiger partial charge in [0, 0.05) is 11.4 Å². The molecule has 0 aliphatic carbocycles. The molecule has 7 nitrogen and oxygen atoms in total. The zero-order valence-electron chi connectivity index (χ0n) is 23.4. The van der Waals surface area contributed by atoms with Crippen LogP contribution in [0.2, 0.25) is 0 Å². The maximum absolute atomic E-state index is 13.6. The largest absolute Gasteiger partial charge is 0.485 e. The van der Waals surface area contributed by atoms with E-state index < -0.39 is 6.04 Å². The Morgan fingerprint density at radius 2 is 1.41 bits per heavy atom. The fraction of sp³-hybridized carbons (Fsp3) is 0.176. The fourth-order valence-corrected chi connectivity index (χ4v) is 4.80. The molecule has 1 unspecified atom stereocenters. The average molecular weight is 548 g/mol. The number of ether oxygens (including phenoxy) is 2. The van der Waals surface area contributed by atoms with Gasteiger partial charge >= 0.3 is 6.03 Å². The molecule has 1 aliphatic rings. The molecular formula is C34H33N3O4. The summed E-state index contributed by atoms with van der Waals surface area (Å²) in [5.74, 6) is 0.778. The lowest BCUT2D eigenvalue weighted by Gasteiger charge is -2.29. The second kappa shape index (κ2) is 12.4. The molecule has 41 heavy (non-hydrogen) atoms. The fourth-order valence-electron chi connectivity index (χ4n) is 4.80. The molecule has 7 heteroatoms. The van der Waals surface area contributed by atoms with E-state index in [0.29, 0.717) is 47.2 Å². The van der Waals surface area contributed by atoms with Crippen molar-refractivity contribution in [2.45, 2.75) is 40.0 Å². The molecule has 3 N–H and O–H groups in total. The number of hydrogen-bond acceptors (Lipinski definition) is 4. The third-order valence-electron chi connectivity index (χ3n) is 6.92. The van der Waals surface area contributed by atoms with Crippen molar-refractivity contribution in [1.29, 1.82) is 0 Å². The Hall–Kier alpha value is -5.04. The third-order valence-corrected chi connectivity index (χ3v) is 6.92. The Morgan fingerprint density at radius 1 is 0.780 bits per heavy atom. The predicted octanol–water partition coefficient (Wildman–Crippen LogP) is 6.73. The van der Waals surface area contributed by atoms with Gasteiger partial charge in [0.05, 0.1) is 11.6 Å². The number of amides is 3. The Bertz CT molecular complexity index is 1580. The van der Waals surface area contributed by atoms with E-state index in [9.17, 15) is 9.59 Å². The predicted molar refractivity (Wildman–Crippen MR) is 160 cm³/mol. The van der Waals surface area contributed by atoms with Crippen LogP contribution in [-0.4, -0.2) is 11.9 Å². The van der Waals surface area contributed by atoms with Gasteiger partial charge in [0.15, 0.2) is 11.5 Å². The summed E-state index contributed by atoms with van der Waals surface area (Å²) in [5, 5.41) is 8.68. The van der Waals surface area contributed by atoms with E-state index in [1.807, 2.05) is 111 Å². The van der Waals surface area contributed by atoms with E-state index >= 15 is 0 Å². The first kappa shape index (κ1) is 27.5. The van der Waals surface area contributed by atoms with Crippen LogP contribution in [0.1, 0.15) is 40.8 Å². The SMILES string of the molecule is CC1=C(C(=O)Nc2ccc(C)cc2C)C(c2ccc(OCc3ccccc3)c(OCc3ccccc3)c2)NC(=O)N1. The summed E-state index contributed by atoms with van der Waals surface area (Å²) in [7, 11) is 0. The second-order valence-corrected chi connectivity index (χ2v) is 10.1. The number of aryl methyl sites for hydroxylation is 2. The lowest BCUT2D eigenvalue weighted by atomic mass is 9.94. The molecule has 208 valence electrons. The van der Waals surface area contributed by atoms with Gasteiger partial charge in [-0.05, 0) is 61.2 Å². The molecule has 0 fully saturated rings. The van der Waals surface area contributed by atoms with Crippen LogP contribution >= 0.6 is 0 Å². The molecule has 1 aliphatic heterocycles. The van der Waals surface area contributed by atoms with Gasteiger partial charge in [-0.1, -0.05) is 84.4 Å². The van der Waals surface area contributed by atoms with E-state index in [2.05, 4.69) is 16.0 Å². The molecule has 0 saturated carbocycles. The van der Waals surface area contributed by atoms with Crippen LogP contribution in [0.25, 0.3) is 0 Å². The summed E-state index contributed by atoms with van der Waals surface area (Å²) in [6, 6.07) is 30.0. The van der Waals surface area contributed by atoms with Gasteiger partial charge in [0.25, 0.3) is 5.91 Å². The smallest absolute Gasteiger partial charge is 0.319 e. The minimum atomic E-state index is -0.697. The van der Waals surface area contributed by atoms with Gasteiger partial charge < -0.3 is 25.4 Å². The van der Waals surface area contributed by atoms with Gasteiger partial charge in [-0.15, -0.1) is 0 Å². The van der Waals surface area contributed by atoms with Crippen molar-refractivity contribution in [3.8, 4) is 11.5 Å². The van der Waals surface area contributed by atoms with Crippen LogP contribution in [0.4, 0.5) is 10.5 Å². The molecule has 0 aromatic heterocycles. The molecule has 0 radical (unpaired) electrons. The lowest BCUT2D eigenvalue weighted by Crippen LogP contribution is -2.46. The van der Waals surface area contributed by atoms with Gasteiger partial charge in [0.2, 0.25) is 0 Å². The van der Waals surface area contributed by atoms with Crippen molar-refractivity contribution in [2.75, 3.05) is 5.32 Å². The van der Waals surface area contributed by atoms with Gasteiger partial charge in [-0.2, -0.15) is 0 Å². The number of carbonyl (C=O) groups is 2. The number of benzene rings is 4. The minimum Gasteiger partial charge on any atom is -0.485 e. The molecule has 0 bridgehead atoms. The molecule has 4 aromatic rings. The van der Waals surface area contributed by atoms with Crippen LogP contribution in [0, 0.1) is 13.8 Å². The Labute approximate surface area is 240 Å². The van der Waals surface area contributed by atoms with E-state index in [1.165, 1.54) is 0 Å². The van der Waals surface area contributed by atoms with Crippen molar-refractivity contribution in [1.82, 2.24) is 10.6 Å². The first-order chi connectivity index (χ1) is 19.9. The van der Waals surface area contributed by atoms with E-state index in [4.69, 9.17) is 9.47 Å². The highest BCUT2D eigenvalue weighted by Crippen LogP contribution is 2.36. The molecule has 4 aromatic carbocycles. The number of allylic oxidation sites excluding steroid dienone is 1. The first-order valence-corrected chi connectivity index (χ1v) is 13.5.